The van der Waals surface area contributed by atoms with Crippen LogP contribution in [0.4, 0.5) is 0 Å². The highest BCUT2D eigenvalue weighted by atomic mass is 16.8. The Morgan fingerprint density at radius 1 is 0.850 bits per heavy atom. The lowest BCUT2D eigenvalue weighted by Crippen LogP contribution is -2.65. The SMILES string of the molecule is O=[N+]([O-])C1=CN([N+](=O)[O-])N([N+](=O)[O-])C1([N+](=O)[O-])[N+](=O)[O-]. The lowest BCUT2D eigenvalue weighted by molar-refractivity contribution is -0.945. The first-order chi connectivity index (χ1) is 9.08. The summed E-state index contributed by atoms with van der Waals surface area (Å²) < 4.78 is 0. The van der Waals surface area contributed by atoms with Crippen molar-refractivity contribution in [3.63, 3.8) is 0 Å². The molecule has 0 aromatic carbocycles. The molecule has 0 saturated heterocycles. The Bertz CT molecular complexity index is 551. The molecule has 0 aromatic rings. The van der Waals surface area contributed by atoms with Gasteiger partial charge in [-0.25, -0.2) is 20.2 Å². The lowest BCUT2D eigenvalue weighted by atomic mass is 10.3. The molecule has 0 atom stereocenters. The highest BCUT2D eigenvalue weighted by Gasteiger charge is 2.87. The predicted molar refractivity (Wildman–Crippen MR) is 49.5 cm³/mol. The second-order valence-electron chi connectivity index (χ2n) is 3.01. The highest BCUT2D eigenvalue weighted by molar-refractivity contribution is 5.05. The minimum atomic E-state index is -4.25. The summed E-state index contributed by atoms with van der Waals surface area (Å²) in [5.74, 6) is -4.25. The van der Waals surface area contributed by atoms with Crippen molar-refractivity contribution >= 4 is 0 Å². The van der Waals surface area contributed by atoms with E-state index in [1.54, 1.807) is 0 Å². The van der Waals surface area contributed by atoms with Gasteiger partial charge in [-0.05, 0) is 0 Å². The number of hydrogen-bond donors (Lipinski definition) is 0. The van der Waals surface area contributed by atoms with Gasteiger partial charge in [0.25, 0.3) is 0 Å². The first-order valence-corrected chi connectivity index (χ1v) is 4.12. The van der Waals surface area contributed by atoms with Crippen LogP contribution in [0.3, 0.4) is 0 Å². The van der Waals surface area contributed by atoms with E-state index < -0.39 is 46.6 Å². The van der Waals surface area contributed by atoms with Crippen LogP contribution in [0.5, 0.6) is 0 Å². The van der Waals surface area contributed by atoms with Crippen LogP contribution in [0.1, 0.15) is 0 Å². The smallest absolute Gasteiger partial charge is 0.258 e. The second kappa shape index (κ2) is 4.22. The van der Waals surface area contributed by atoms with Crippen LogP contribution in [0, 0.1) is 50.6 Å². The maximum atomic E-state index is 10.8. The molecule has 0 unspecified atom stereocenters. The Morgan fingerprint density at radius 2 is 1.30 bits per heavy atom. The summed E-state index contributed by atoms with van der Waals surface area (Å²) in [6, 6.07) is 0. The molecule has 0 saturated carbocycles. The molecule has 0 aromatic heterocycles. The van der Waals surface area contributed by atoms with Crippen LogP contribution >= 0.6 is 0 Å². The van der Waals surface area contributed by atoms with Gasteiger partial charge in [0.1, 0.15) is 9.85 Å². The molecule has 17 heteroatoms. The molecule has 108 valence electrons. The van der Waals surface area contributed by atoms with Gasteiger partial charge in [0, 0.05) is 0 Å². The molecule has 0 N–H and O–H groups in total. The fourth-order valence-electron chi connectivity index (χ4n) is 1.37. The predicted octanol–water partition coefficient (Wildman–Crippen LogP) is -1.77. The monoisotopic (exact) mass is 295 g/mol. The van der Waals surface area contributed by atoms with Crippen LogP contribution in [-0.4, -0.2) is 40.9 Å². The van der Waals surface area contributed by atoms with Crippen molar-refractivity contribution in [1.82, 2.24) is 10.2 Å². The van der Waals surface area contributed by atoms with Gasteiger partial charge in [0.05, 0.1) is 10.0 Å². The molecule has 1 aliphatic rings. The van der Waals surface area contributed by atoms with E-state index in [4.69, 9.17) is 0 Å². The Morgan fingerprint density at radius 3 is 1.55 bits per heavy atom. The number of hydrogen-bond acceptors (Lipinski definition) is 10. The molecule has 1 aliphatic heterocycles. The third-order valence-corrected chi connectivity index (χ3v) is 2.08. The standard InChI is InChI=1S/C3HN7O10/c11-5(12)2-1-4(9(17)18)6(10(19)20)3(2,7(13)14)8(15)16/h1H. The van der Waals surface area contributed by atoms with Crippen molar-refractivity contribution in [2.75, 3.05) is 0 Å². The molecular weight excluding hydrogens is 294 g/mol. The quantitative estimate of drug-likeness (QED) is 0.312. The molecule has 0 bridgehead atoms. The maximum absolute atomic E-state index is 10.8. The van der Waals surface area contributed by atoms with Crippen molar-refractivity contribution in [2.45, 2.75) is 5.79 Å². The third kappa shape index (κ3) is 1.57. The van der Waals surface area contributed by atoms with Gasteiger partial charge in [0.2, 0.25) is 5.03 Å². The van der Waals surface area contributed by atoms with Crippen LogP contribution in [0.25, 0.3) is 0 Å². The van der Waals surface area contributed by atoms with Gasteiger partial charge in [-0.2, -0.15) is 0 Å². The summed E-state index contributed by atoms with van der Waals surface area (Å²) in [6.45, 7) is 0. The topological polar surface area (TPSA) is 222 Å². The fraction of sp³-hybridized carbons (Fsp3) is 0.333. The molecule has 0 spiro atoms. The molecule has 0 amide bonds. The summed E-state index contributed by atoms with van der Waals surface area (Å²) >= 11 is 0. The summed E-state index contributed by atoms with van der Waals surface area (Å²) in [4.78, 5) is 47.6. The van der Waals surface area contributed by atoms with Gasteiger partial charge in [-0.1, -0.05) is 0 Å². The van der Waals surface area contributed by atoms with Gasteiger partial charge in [-0.15, -0.1) is 0 Å². The van der Waals surface area contributed by atoms with E-state index in [0.29, 0.717) is 0 Å². The largest absolute Gasteiger partial charge is 0.708 e. The normalized spacial score (nSPS) is 16.5. The molecule has 1 heterocycles. The molecular formula is C3HN7O10. The summed E-state index contributed by atoms with van der Waals surface area (Å²) in [5, 5.41) is 47.8. The molecule has 20 heavy (non-hydrogen) atoms. The average molecular weight is 295 g/mol. The van der Waals surface area contributed by atoms with Crippen molar-refractivity contribution < 1.29 is 24.8 Å². The first kappa shape index (κ1) is 14.4. The Hall–Kier alpha value is -3.66. The minimum Gasteiger partial charge on any atom is -0.258 e. The third-order valence-electron chi connectivity index (χ3n) is 2.08. The number of nitrogens with zero attached hydrogens (tertiary/aromatic N) is 7. The van der Waals surface area contributed by atoms with E-state index in [2.05, 4.69) is 0 Å². The summed E-state index contributed by atoms with van der Waals surface area (Å²) in [6.07, 6.45) is -0.283. The Kier molecular flexibility index (Phi) is 3.04. The summed E-state index contributed by atoms with van der Waals surface area (Å²) in [7, 11) is 0. The van der Waals surface area contributed by atoms with Gasteiger partial charge < -0.3 is 0 Å². The van der Waals surface area contributed by atoms with Crippen LogP contribution in [-0.2, 0) is 0 Å². The van der Waals surface area contributed by atoms with Gasteiger partial charge in [-0.3, -0.25) is 30.3 Å². The van der Waals surface area contributed by atoms with E-state index in [1.165, 1.54) is 0 Å². The zero-order chi connectivity index (χ0) is 15.8. The molecule has 0 fully saturated rings. The Balaban J connectivity index is 3.73. The molecule has 0 radical (unpaired) electrons. The fourth-order valence-corrected chi connectivity index (χ4v) is 1.37. The van der Waals surface area contributed by atoms with Gasteiger partial charge >= 0.3 is 11.5 Å². The minimum absolute atomic E-state index is 0.283. The average Bonchev–Trinajstić information content (AvgIpc) is 2.65. The number of rotatable bonds is 5. The van der Waals surface area contributed by atoms with Crippen molar-refractivity contribution in [3.8, 4) is 0 Å². The number of nitro groups is 5. The van der Waals surface area contributed by atoms with E-state index in [0.717, 1.165) is 0 Å². The molecule has 0 aliphatic carbocycles. The molecule has 17 nitrogen and oxygen atoms in total. The van der Waals surface area contributed by atoms with E-state index in [-0.39, 0.29) is 6.20 Å². The maximum Gasteiger partial charge on any atom is 0.708 e. The van der Waals surface area contributed by atoms with E-state index in [9.17, 15) is 50.6 Å². The van der Waals surface area contributed by atoms with Gasteiger partial charge in [0.15, 0.2) is 16.4 Å². The first-order valence-electron chi connectivity index (χ1n) is 4.12. The van der Waals surface area contributed by atoms with Crippen LogP contribution < -0.4 is 0 Å². The highest BCUT2D eigenvalue weighted by Crippen LogP contribution is 2.35. The van der Waals surface area contributed by atoms with Crippen LogP contribution in [0.2, 0.25) is 0 Å². The summed E-state index contributed by atoms with van der Waals surface area (Å²) in [5.41, 5.74) is -1.96. The van der Waals surface area contributed by atoms with Crippen molar-refractivity contribution in [2.24, 2.45) is 0 Å². The number of hydrazine groups is 3. The van der Waals surface area contributed by atoms with E-state index >= 15 is 0 Å². The zero-order valence-electron chi connectivity index (χ0n) is 8.79. The second-order valence-corrected chi connectivity index (χ2v) is 3.01. The Labute approximate surface area is 104 Å². The molecule has 1 rings (SSSR count). The van der Waals surface area contributed by atoms with Crippen LogP contribution in [0.15, 0.2) is 11.9 Å². The van der Waals surface area contributed by atoms with Crippen molar-refractivity contribution in [1.29, 1.82) is 0 Å². The lowest BCUT2D eigenvalue weighted by Gasteiger charge is -2.14. The van der Waals surface area contributed by atoms with Crippen molar-refractivity contribution in [3.05, 3.63) is 62.5 Å². The van der Waals surface area contributed by atoms with E-state index in [1.807, 2.05) is 0 Å². The zero-order valence-corrected chi connectivity index (χ0v) is 8.79.